The number of thiophene rings is 1. The molecule has 2 aliphatic rings. The molecule has 2 bridgehead atoms. The van der Waals surface area contributed by atoms with Crippen LogP contribution in [-0.2, 0) is 0 Å². The number of carbonyl (C=O) groups is 2. The van der Waals surface area contributed by atoms with E-state index in [4.69, 9.17) is 0 Å². The van der Waals surface area contributed by atoms with E-state index >= 15 is 0 Å². The Morgan fingerprint density at radius 1 is 1.15 bits per heavy atom. The number of fused-ring (bicyclic) bond motifs is 2. The molecule has 26 heavy (non-hydrogen) atoms. The first kappa shape index (κ1) is 17.1. The summed E-state index contributed by atoms with van der Waals surface area (Å²) >= 11 is 1.52. The molecule has 2 fully saturated rings. The molecule has 0 radical (unpaired) electrons. The van der Waals surface area contributed by atoms with Gasteiger partial charge in [-0.25, -0.2) is 4.98 Å². The van der Waals surface area contributed by atoms with Gasteiger partial charge in [-0.05, 0) is 56.5 Å². The zero-order chi connectivity index (χ0) is 18.3. The molecule has 0 spiro atoms. The number of nitrogens with one attached hydrogen (secondary N) is 1. The molecule has 1 N–H and O–H groups in total. The maximum atomic E-state index is 13.0. The molecule has 4 rings (SSSR count). The summed E-state index contributed by atoms with van der Waals surface area (Å²) in [7, 11) is 0. The van der Waals surface area contributed by atoms with E-state index in [1.165, 1.54) is 17.5 Å². The fourth-order valence-corrected chi connectivity index (χ4v) is 4.97. The second kappa shape index (κ2) is 6.79. The fraction of sp³-hybridized carbons (Fsp3) is 0.474. The third-order valence-corrected chi connectivity index (χ3v) is 6.38. The average molecular weight is 370 g/mol. The zero-order valence-electron chi connectivity index (χ0n) is 14.9. The first-order valence-electron chi connectivity index (χ1n) is 8.99. The first-order valence-corrected chi connectivity index (χ1v) is 9.87. The molecule has 2 unspecified atom stereocenters. The fourth-order valence-electron chi connectivity index (χ4n) is 4.10. The number of hydrogen-bond acceptors (Lipinski definition) is 5. The van der Waals surface area contributed by atoms with Gasteiger partial charge < -0.3 is 10.2 Å². The Hall–Kier alpha value is -2.28. The van der Waals surface area contributed by atoms with E-state index < -0.39 is 0 Å². The maximum absolute atomic E-state index is 13.0. The van der Waals surface area contributed by atoms with Crippen molar-refractivity contribution in [2.24, 2.45) is 0 Å². The highest BCUT2D eigenvalue weighted by atomic mass is 32.1. The van der Waals surface area contributed by atoms with E-state index in [0.29, 0.717) is 5.69 Å². The van der Waals surface area contributed by atoms with Gasteiger partial charge in [-0.3, -0.25) is 14.6 Å². The number of rotatable bonds is 3. The van der Waals surface area contributed by atoms with Gasteiger partial charge >= 0.3 is 0 Å². The molecule has 2 amide bonds. The molecule has 0 saturated carbocycles. The Labute approximate surface area is 156 Å². The number of amides is 2. The zero-order valence-corrected chi connectivity index (χ0v) is 15.8. The third-order valence-electron chi connectivity index (χ3n) is 5.37. The van der Waals surface area contributed by atoms with Gasteiger partial charge in [0, 0.05) is 24.3 Å². The van der Waals surface area contributed by atoms with Gasteiger partial charge in [0.05, 0.1) is 16.8 Å². The summed E-state index contributed by atoms with van der Waals surface area (Å²) in [5.74, 6) is -0.0324. The van der Waals surface area contributed by atoms with Gasteiger partial charge in [0.25, 0.3) is 11.8 Å². The average Bonchev–Trinajstić information content (AvgIpc) is 3.16. The van der Waals surface area contributed by atoms with E-state index in [9.17, 15) is 9.59 Å². The van der Waals surface area contributed by atoms with Crippen molar-refractivity contribution in [3.63, 3.8) is 0 Å². The van der Waals surface area contributed by atoms with E-state index in [2.05, 4.69) is 20.2 Å². The number of carbonyl (C=O) groups excluding carboxylic acids is 2. The molecule has 2 aromatic rings. The molecule has 7 heteroatoms. The Morgan fingerprint density at radius 2 is 1.88 bits per heavy atom. The lowest BCUT2D eigenvalue weighted by molar-refractivity contribution is 0.0553. The van der Waals surface area contributed by atoms with Crippen molar-refractivity contribution in [3.05, 3.63) is 45.7 Å². The smallest absolute Gasteiger partial charge is 0.271 e. The molecule has 2 saturated heterocycles. The Balaban J connectivity index is 1.43. The summed E-state index contributed by atoms with van der Waals surface area (Å²) < 4.78 is 0. The first-order chi connectivity index (χ1) is 12.5. The van der Waals surface area contributed by atoms with Gasteiger partial charge in [0.2, 0.25) is 0 Å². The number of aryl methyl sites for hydroxylation is 2. The van der Waals surface area contributed by atoms with Crippen LogP contribution in [0.2, 0.25) is 0 Å². The Kier molecular flexibility index (Phi) is 4.48. The van der Waals surface area contributed by atoms with Crippen molar-refractivity contribution >= 4 is 23.2 Å². The van der Waals surface area contributed by atoms with Crippen LogP contribution in [0.25, 0.3) is 0 Å². The van der Waals surface area contributed by atoms with Crippen molar-refractivity contribution in [1.82, 2.24) is 20.2 Å². The van der Waals surface area contributed by atoms with Crippen molar-refractivity contribution < 1.29 is 9.59 Å². The van der Waals surface area contributed by atoms with Crippen LogP contribution in [0.1, 0.15) is 57.1 Å². The minimum Gasteiger partial charge on any atom is -0.348 e. The van der Waals surface area contributed by atoms with Crippen molar-refractivity contribution in [3.8, 4) is 0 Å². The summed E-state index contributed by atoms with van der Waals surface area (Å²) in [5.41, 5.74) is 2.18. The Bertz CT molecular complexity index is 818. The van der Waals surface area contributed by atoms with Gasteiger partial charge in [0.1, 0.15) is 5.69 Å². The van der Waals surface area contributed by atoms with Gasteiger partial charge in [-0.15, -0.1) is 11.3 Å². The molecular formula is C19H22N4O2S. The maximum Gasteiger partial charge on any atom is 0.271 e. The minimum atomic E-state index is -0.184. The van der Waals surface area contributed by atoms with Crippen LogP contribution in [0.15, 0.2) is 23.8 Å². The highest BCUT2D eigenvalue weighted by molar-refractivity contribution is 7.12. The lowest BCUT2D eigenvalue weighted by Gasteiger charge is -2.39. The standard InChI is InChI=1S/C19H22N4O2S/c1-11-5-6-26-17(11)19(25)23-14-3-4-15(23)8-13(7-14)22-18(24)16-10-20-12(2)9-21-16/h5-6,9-10,13-15H,3-4,7-8H2,1-2H3,(H,22,24). The molecular weight excluding hydrogens is 348 g/mol. The molecule has 0 aromatic carbocycles. The molecule has 2 aromatic heterocycles. The van der Waals surface area contributed by atoms with Crippen LogP contribution < -0.4 is 5.32 Å². The number of nitrogens with zero attached hydrogens (tertiary/aromatic N) is 3. The number of piperidine rings is 1. The van der Waals surface area contributed by atoms with E-state index in [1.54, 1.807) is 6.20 Å². The molecule has 4 heterocycles. The van der Waals surface area contributed by atoms with Gasteiger partial charge in [-0.2, -0.15) is 0 Å². The van der Waals surface area contributed by atoms with Crippen LogP contribution in [0.4, 0.5) is 0 Å². The van der Waals surface area contributed by atoms with Crippen molar-refractivity contribution in [1.29, 1.82) is 0 Å². The molecule has 6 nitrogen and oxygen atoms in total. The summed E-state index contributed by atoms with van der Waals surface area (Å²) in [5, 5.41) is 5.06. The van der Waals surface area contributed by atoms with Crippen LogP contribution in [0.3, 0.4) is 0 Å². The normalized spacial score (nSPS) is 24.5. The SMILES string of the molecule is Cc1cnc(C(=O)NC2CC3CCC(C2)N3C(=O)c2sccc2C)cn1. The summed E-state index contributed by atoms with van der Waals surface area (Å²) in [4.78, 5) is 36.6. The second-order valence-electron chi connectivity index (χ2n) is 7.21. The van der Waals surface area contributed by atoms with E-state index in [-0.39, 0.29) is 29.9 Å². The number of hydrogen-bond donors (Lipinski definition) is 1. The highest BCUT2D eigenvalue weighted by Gasteiger charge is 2.44. The van der Waals surface area contributed by atoms with Crippen LogP contribution in [-0.4, -0.2) is 44.8 Å². The van der Waals surface area contributed by atoms with Crippen LogP contribution in [0.5, 0.6) is 0 Å². The highest BCUT2D eigenvalue weighted by Crippen LogP contribution is 2.37. The molecule has 136 valence electrons. The monoisotopic (exact) mass is 370 g/mol. The lowest BCUT2D eigenvalue weighted by Crippen LogP contribution is -2.52. The Morgan fingerprint density at radius 3 is 2.46 bits per heavy atom. The largest absolute Gasteiger partial charge is 0.348 e. The predicted octanol–water partition coefficient (Wildman–Crippen LogP) is 2.72. The van der Waals surface area contributed by atoms with Gasteiger partial charge in [0.15, 0.2) is 0 Å². The molecule has 2 aliphatic heterocycles. The third kappa shape index (κ3) is 3.11. The van der Waals surface area contributed by atoms with E-state index in [1.807, 2.05) is 25.3 Å². The van der Waals surface area contributed by atoms with E-state index in [0.717, 1.165) is 41.8 Å². The molecule has 2 atom stereocenters. The predicted molar refractivity (Wildman–Crippen MR) is 99.3 cm³/mol. The quantitative estimate of drug-likeness (QED) is 0.901. The minimum absolute atomic E-state index is 0.0802. The summed E-state index contributed by atoms with van der Waals surface area (Å²) in [6.07, 6.45) is 6.74. The summed E-state index contributed by atoms with van der Waals surface area (Å²) in [6.45, 7) is 3.83. The lowest BCUT2D eigenvalue weighted by atomic mass is 9.96. The van der Waals surface area contributed by atoms with Crippen LogP contribution in [0, 0.1) is 13.8 Å². The topological polar surface area (TPSA) is 75.2 Å². The van der Waals surface area contributed by atoms with Crippen molar-refractivity contribution in [2.75, 3.05) is 0 Å². The van der Waals surface area contributed by atoms with Crippen molar-refractivity contribution in [2.45, 2.75) is 57.7 Å². The van der Waals surface area contributed by atoms with Crippen LogP contribution >= 0.6 is 11.3 Å². The second-order valence-corrected chi connectivity index (χ2v) is 8.13. The molecule has 0 aliphatic carbocycles. The number of aromatic nitrogens is 2. The van der Waals surface area contributed by atoms with Gasteiger partial charge in [-0.1, -0.05) is 0 Å². The summed E-state index contributed by atoms with van der Waals surface area (Å²) in [6, 6.07) is 2.49.